The molecule has 6 heteroatoms. The van der Waals surface area contributed by atoms with Crippen molar-refractivity contribution in [2.24, 2.45) is 0 Å². The van der Waals surface area contributed by atoms with Crippen LogP contribution in [0.1, 0.15) is 17.3 Å². The van der Waals surface area contributed by atoms with Gasteiger partial charge in [0.15, 0.2) is 17.6 Å². The Balaban J connectivity index is 1.67. The van der Waals surface area contributed by atoms with E-state index < -0.39 is 0 Å². The van der Waals surface area contributed by atoms with E-state index in [1.165, 1.54) is 0 Å². The maximum absolute atomic E-state index is 12.3. The number of nitrogens with one attached hydrogen (secondary N) is 1. The van der Waals surface area contributed by atoms with Crippen LogP contribution in [0.15, 0.2) is 42.5 Å². The third kappa shape index (κ3) is 3.54. The topological polar surface area (TPSA) is 47.6 Å². The van der Waals surface area contributed by atoms with Crippen LogP contribution < -0.4 is 14.8 Å². The smallest absolute Gasteiger partial charge is 0.253 e. The average molecular weight is 352 g/mol. The summed E-state index contributed by atoms with van der Waals surface area (Å²) in [5, 5.41) is 3.69. The highest BCUT2D eigenvalue weighted by Crippen LogP contribution is 2.31. The van der Waals surface area contributed by atoms with Crippen molar-refractivity contribution in [3.05, 3.63) is 58.1 Å². The maximum Gasteiger partial charge on any atom is 0.253 e. The van der Waals surface area contributed by atoms with Crippen LogP contribution >= 0.6 is 23.2 Å². The zero-order chi connectivity index (χ0) is 16.4. The van der Waals surface area contributed by atoms with Gasteiger partial charge < -0.3 is 14.8 Å². The quantitative estimate of drug-likeness (QED) is 0.910. The monoisotopic (exact) mass is 351 g/mol. The molecule has 0 bridgehead atoms. The molecule has 2 atom stereocenters. The predicted molar refractivity (Wildman–Crippen MR) is 89.7 cm³/mol. The molecule has 1 heterocycles. The molecule has 0 fully saturated rings. The molecule has 0 saturated carbocycles. The van der Waals surface area contributed by atoms with Gasteiger partial charge in [-0.05, 0) is 37.3 Å². The average Bonchev–Trinajstić information content (AvgIpc) is 2.54. The summed E-state index contributed by atoms with van der Waals surface area (Å²) in [6.07, 6.45) is -0.278. The lowest BCUT2D eigenvalue weighted by molar-refractivity contribution is 0.0606. The Morgan fingerprint density at radius 1 is 1.22 bits per heavy atom. The highest BCUT2D eigenvalue weighted by molar-refractivity contribution is 6.36. The summed E-state index contributed by atoms with van der Waals surface area (Å²) in [5.74, 6) is 1.11. The maximum atomic E-state index is 12.3. The zero-order valence-electron chi connectivity index (χ0n) is 12.4. The molecule has 1 aliphatic rings. The summed E-state index contributed by atoms with van der Waals surface area (Å²) >= 11 is 11.9. The van der Waals surface area contributed by atoms with Crippen molar-refractivity contribution in [2.75, 3.05) is 6.61 Å². The number of benzene rings is 2. The molecular formula is C17H15Cl2NO3. The lowest BCUT2D eigenvalue weighted by atomic mass is 10.1. The van der Waals surface area contributed by atoms with Crippen LogP contribution in [-0.2, 0) is 0 Å². The molecule has 2 aromatic carbocycles. The fourth-order valence-corrected chi connectivity index (χ4v) is 2.83. The second-order valence-electron chi connectivity index (χ2n) is 5.30. The molecule has 0 aromatic heterocycles. The van der Waals surface area contributed by atoms with Crippen LogP contribution in [0.3, 0.4) is 0 Å². The van der Waals surface area contributed by atoms with E-state index in [9.17, 15) is 4.79 Å². The highest BCUT2D eigenvalue weighted by Gasteiger charge is 2.27. The Morgan fingerprint density at radius 2 is 1.96 bits per heavy atom. The predicted octanol–water partition coefficient (Wildman–Crippen LogP) is 3.95. The van der Waals surface area contributed by atoms with Crippen LogP contribution in [0.4, 0.5) is 0 Å². The van der Waals surface area contributed by atoms with Crippen molar-refractivity contribution in [1.82, 2.24) is 5.32 Å². The number of halogens is 2. The first-order chi connectivity index (χ1) is 11.0. The first-order valence-corrected chi connectivity index (χ1v) is 7.94. The number of hydrogen-bond acceptors (Lipinski definition) is 3. The molecule has 1 N–H and O–H groups in total. The summed E-state index contributed by atoms with van der Waals surface area (Å²) in [4.78, 5) is 12.3. The zero-order valence-corrected chi connectivity index (χ0v) is 13.9. The number of para-hydroxylation sites is 2. The first-order valence-electron chi connectivity index (χ1n) is 7.19. The van der Waals surface area contributed by atoms with E-state index in [0.29, 0.717) is 33.7 Å². The van der Waals surface area contributed by atoms with Crippen LogP contribution in [0.25, 0.3) is 0 Å². The molecule has 1 amide bonds. The molecule has 2 aromatic rings. The number of rotatable bonds is 3. The molecule has 0 spiro atoms. The summed E-state index contributed by atoms with van der Waals surface area (Å²) in [6.45, 7) is 2.23. The standard InChI is InChI=1S/C17H15Cl2NO3/c1-10(16-9-22-14-4-2-3-5-15(14)23-16)20-17(21)12-7-6-11(18)8-13(12)19/h2-8,10,16H,9H2,1H3,(H,20,21)/t10-,16-/m1/s1. The van der Waals surface area contributed by atoms with Gasteiger partial charge in [0.1, 0.15) is 6.61 Å². The molecule has 120 valence electrons. The minimum absolute atomic E-state index is 0.248. The lowest BCUT2D eigenvalue weighted by Gasteiger charge is -2.30. The number of ether oxygens (including phenoxy) is 2. The second-order valence-corrected chi connectivity index (χ2v) is 6.14. The third-order valence-corrected chi connectivity index (χ3v) is 4.17. The van der Waals surface area contributed by atoms with Crippen molar-refractivity contribution in [3.63, 3.8) is 0 Å². The van der Waals surface area contributed by atoms with Crippen molar-refractivity contribution in [2.45, 2.75) is 19.1 Å². The Bertz CT molecular complexity index is 736. The van der Waals surface area contributed by atoms with Gasteiger partial charge in [-0.2, -0.15) is 0 Å². The Morgan fingerprint density at radius 3 is 2.70 bits per heavy atom. The molecule has 0 aliphatic carbocycles. The Hall–Kier alpha value is -1.91. The van der Waals surface area contributed by atoms with Gasteiger partial charge in [-0.1, -0.05) is 35.3 Å². The second kappa shape index (κ2) is 6.69. The van der Waals surface area contributed by atoms with Crippen LogP contribution in [0.2, 0.25) is 10.0 Å². The molecule has 0 radical (unpaired) electrons. The van der Waals surface area contributed by atoms with E-state index in [4.69, 9.17) is 32.7 Å². The van der Waals surface area contributed by atoms with E-state index in [2.05, 4.69) is 5.32 Å². The van der Waals surface area contributed by atoms with Gasteiger partial charge in [-0.25, -0.2) is 0 Å². The van der Waals surface area contributed by atoms with Gasteiger partial charge in [0, 0.05) is 5.02 Å². The van der Waals surface area contributed by atoms with Gasteiger partial charge in [0.05, 0.1) is 16.6 Å². The number of carbonyl (C=O) groups is 1. The van der Waals surface area contributed by atoms with Crippen molar-refractivity contribution >= 4 is 29.1 Å². The van der Waals surface area contributed by atoms with Gasteiger partial charge in [0.2, 0.25) is 0 Å². The molecular weight excluding hydrogens is 337 g/mol. The van der Waals surface area contributed by atoms with Crippen LogP contribution in [0, 0.1) is 0 Å². The van der Waals surface area contributed by atoms with Gasteiger partial charge in [-0.15, -0.1) is 0 Å². The third-order valence-electron chi connectivity index (χ3n) is 3.62. The summed E-state index contributed by atoms with van der Waals surface area (Å²) < 4.78 is 11.6. The van der Waals surface area contributed by atoms with E-state index >= 15 is 0 Å². The molecule has 1 aliphatic heterocycles. The van der Waals surface area contributed by atoms with Crippen molar-refractivity contribution in [1.29, 1.82) is 0 Å². The summed E-state index contributed by atoms with van der Waals surface area (Å²) in [6, 6.07) is 12.0. The van der Waals surface area contributed by atoms with E-state index in [1.54, 1.807) is 18.2 Å². The van der Waals surface area contributed by atoms with Crippen molar-refractivity contribution in [3.8, 4) is 11.5 Å². The number of carbonyl (C=O) groups excluding carboxylic acids is 1. The van der Waals surface area contributed by atoms with Gasteiger partial charge in [-0.3, -0.25) is 4.79 Å². The van der Waals surface area contributed by atoms with Gasteiger partial charge in [0.25, 0.3) is 5.91 Å². The number of amides is 1. The SMILES string of the molecule is C[C@@H](NC(=O)c1ccc(Cl)cc1Cl)[C@H]1COc2ccccc2O1. The minimum atomic E-state index is -0.278. The van der Waals surface area contributed by atoms with Gasteiger partial charge >= 0.3 is 0 Å². The molecule has 0 unspecified atom stereocenters. The lowest BCUT2D eigenvalue weighted by Crippen LogP contribution is -2.48. The van der Waals surface area contributed by atoms with E-state index in [1.807, 2.05) is 31.2 Å². The normalized spacial score (nSPS) is 17.4. The Labute approximate surface area is 144 Å². The molecule has 3 rings (SSSR count). The van der Waals surface area contributed by atoms with Crippen LogP contribution in [0.5, 0.6) is 11.5 Å². The van der Waals surface area contributed by atoms with E-state index in [-0.39, 0.29) is 18.1 Å². The largest absolute Gasteiger partial charge is 0.486 e. The summed E-state index contributed by atoms with van der Waals surface area (Å²) in [5.41, 5.74) is 0.375. The highest BCUT2D eigenvalue weighted by atomic mass is 35.5. The number of fused-ring (bicyclic) bond motifs is 1. The summed E-state index contributed by atoms with van der Waals surface area (Å²) in [7, 11) is 0. The molecule has 4 nitrogen and oxygen atoms in total. The molecule has 0 saturated heterocycles. The fraction of sp³-hybridized carbons (Fsp3) is 0.235. The van der Waals surface area contributed by atoms with Crippen LogP contribution in [-0.4, -0.2) is 24.7 Å². The fourth-order valence-electron chi connectivity index (χ4n) is 2.33. The van der Waals surface area contributed by atoms with Crippen molar-refractivity contribution < 1.29 is 14.3 Å². The molecule has 23 heavy (non-hydrogen) atoms. The van der Waals surface area contributed by atoms with E-state index in [0.717, 1.165) is 0 Å². The first kappa shape index (κ1) is 16.0. The minimum Gasteiger partial charge on any atom is -0.486 e. The Kier molecular flexibility index (Phi) is 4.64. The number of hydrogen-bond donors (Lipinski definition) is 1.